The lowest BCUT2D eigenvalue weighted by Crippen LogP contribution is -2.42. The minimum absolute atomic E-state index is 0.0201. The second kappa shape index (κ2) is 8.51. The van der Waals surface area contributed by atoms with Crippen LogP contribution in [0.4, 0.5) is 4.79 Å². The molecule has 0 fully saturated rings. The van der Waals surface area contributed by atoms with Gasteiger partial charge in [-0.05, 0) is 6.92 Å². The first-order chi connectivity index (χ1) is 10.7. The maximum atomic E-state index is 11.9. The van der Waals surface area contributed by atoms with E-state index in [9.17, 15) is 4.79 Å². The predicted octanol–water partition coefficient (Wildman–Crippen LogP) is 2.38. The number of carbonyl (C=O) groups excluding carboxylic acids is 1. The van der Waals surface area contributed by atoms with Crippen LogP contribution in [-0.2, 0) is 6.42 Å². The Morgan fingerprint density at radius 1 is 1.36 bits per heavy atom. The third-order valence-corrected chi connectivity index (χ3v) is 4.21. The number of likely N-dealkylation sites (N-methyl/N-ethyl adjacent to an activating group) is 1. The smallest absolute Gasteiger partial charge is 0.317 e. The molecule has 0 saturated heterocycles. The molecule has 6 heteroatoms. The molecule has 1 aromatic heterocycles. The van der Waals surface area contributed by atoms with Crippen molar-refractivity contribution in [2.24, 2.45) is 0 Å². The lowest BCUT2D eigenvalue weighted by molar-refractivity contribution is 0.180. The molecule has 0 bridgehead atoms. The molecule has 1 aromatic carbocycles. The molecule has 0 saturated carbocycles. The Bertz CT molecular complexity index is 586. The molecule has 2 aromatic rings. The minimum Gasteiger partial charge on any atom is -0.395 e. The number of benzene rings is 1. The van der Waals surface area contributed by atoms with Crippen LogP contribution in [0.15, 0.2) is 35.7 Å². The molecule has 0 aliphatic heterocycles. The summed E-state index contributed by atoms with van der Waals surface area (Å²) in [7, 11) is 0. The molecule has 2 N–H and O–H groups in total. The molecular formula is C16H21N3O2S. The van der Waals surface area contributed by atoms with Crippen LogP contribution in [-0.4, -0.2) is 47.3 Å². The summed E-state index contributed by atoms with van der Waals surface area (Å²) in [5, 5.41) is 14.8. The van der Waals surface area contributed by atoms with Gasteiger partial charge in [-0.2, -0.15) is 0 Å². The molecule has 1 heterocycles. The van der Waals surface area contributed by atoms with Gasteiger partial charge in [0.15, 0.2) is 0 Å². The van der Waals surface area contributed by atoms with E-state index in [1.807, 2.05) is 42.6 Å². The van der Waals surface area contributed by atoms with Gasteiger partial charge in [0.25, 0.3) is 0 Å². The first kappa shape index (κ1) is 16.5. The van der Waals surface area contributed by atoms with Gasteiger partial charge in [-0.3, -0.25) is 0 Å². The number of hydrogen-bond donors (Lipinski definition) is 2. The Hall–Kier alpha value is -1.92. The van der Waals surface area contributed by atoms with Crippen molar-refractivity contribution in [3.8, 4) is 10.6 Å². The van der Waals surface area contributed by atoms with Crippen molar-refractivity contribution >= 4 is 17.4 Å². The molecule has 2 rings (SSSR count). The van der Waals surface area contributed by atoms with Crippen LogP contribution < -0.4 is 5.32 Å². The Morgan fingerprint density at radius 3 is 2.82 bits per heavy atom. The largest absolute Gasteiger partial charge is 0.395 e. The highest BCUT2D eigenvalue weighted by atomic mass is 32.1. The molecule has 5 nitrogen and oxygen atoms in total. The van der Waals surface area contributed by atoms with Crippen LogP contribution in [0.1, 0.15) is 12.6 Å². The number of aliphatic hydroxyl groups is 1. The standard InChI is InChI=1S/C16H21N3O2S/c1-2-19(10-11-20)16(21)17-9-8-14-12-22-15(18-14)13-6-4-3-5-7-13/h3-7,12,20H,2,8-11H2,1H3,(H,17,21). The van der Waals surface area contributed by atoms with Gasteiger partial charge in [0.1, 0.15) is 5.01 Å². The van der Waals surface area contributed by atoms with Gasteiger partial charge in [-0.25, -0.2) is 9.78 Å². The summed E-state index contributed by atoms with van der Waals surface area (Å²) in [6.07, 6.45) is 0.700. The zero-order chi connectivity index (χ0) is 15.8. The van der Waals surface area contributed by atoms with Gasteiger partial charge in [-0.1, -0.05) is 30.3 Å². The van der Waals surface area contributed by atoms with E-state index in [2.05, 4.69) is 10.3 Å². The van der Waals surface area contributed by atoms with E-state index in [-0.39, 0.29) is 12.6 Å². The Morgan fingerprint density at radius 2 is 2.14 bits per heavy atom. The van der Waals surface area contributed by atoms with Crippen molar-refractivity contribution in [3.05, 3.63) is 41.4 Å². The van der Waals surface area contributed by atoms with Crippen LogP contribution in [0, 0.1) is 0 Å². The van der Waals surface area contributed by atoms with Crippen LogP contribution in [0.3, 0.4) is 0 Å². The fraction of sp³-hybridized carbons (Fsp3) is 0.375. The molecule has 0 spiro atoms. The topological polar surface area (TPSA) is 65.5 Å². The number of nitrogens with zero attached hydrogens (tertiary/aromatic N) is 2. The highest BCUT2D eigenvalue weighted by molar-refractivity contribution is 7.13. The summed E-state index contributed by atoms with van der Waals surface area (Å²) < 4.78 is 0. The number of amides is 2. The van der Waals surface area contributed by atoms with Gasteiger partial charge >= 0.3 is 6.03 Å². The zero-order valence-corrected chi connectivity index (χ0v) is 13.5. The number of thiazole rings is 1. The number of hydrogen-bond acceptors (Lipinski definition) is 4. The number of aromatic nitrogens is 1. The molecule has 0 atom stereocenters. The van der Waals surface area contributed by atoms with Crippen molar-refractivity contribution < 1.29 is 9.90 Å². The first-order valence-electron chi connectivity index (χ1n) is 7.38. The zero-order valence-electron chi connectivity index (χ0n) is 12.7. The molecule has 22 heavy (non-hydrogen) atoms. The third kappa shape index (κ3) is 4.54. The number of aliphatic hydroxyl groups excluding tert-OH is 1. The lowest BCUT2D eigenvalue weighted by atomic mass is 10.2. The van der Waals surface area contributed by atoms with Crippen molar-refractivity contribution in [3.63, 3.8) is 0 Å². The van der Waals surface area contributed by atoms with Crippen LogP contribution >= 0.6 is 11.3 Å². The second-order valence-electron chi connectivity index (χ2n) is 4.80. The Balaban J connectivity index is 1.83. The minimum atomic E-state index is -0.143. The maximum absolute atomic E-state index is 11.9. The Labute approximate surface area is 134 Å². The summed E-state index contributed by atoms with van der Waals surface area (Å²) in [4.78, 5) is 18.0. The van der Waals surface area contributed by atoms with Crippen molar-refractivity contribution in [1.29, 1.82) is 0 Å². The van der Waals surface area contributed by atoms with E-state index in [0.717, 1.165) is 16.3 Å². The first-order valence-corrected chi connectivity index (χ1v) is 8.26. The quantitative estimate of drug-likeness (QED) is 0.823. The number of urea groups is 1. The molecule has 0 radical (unpaired) electrons. The van der Waals surface area contributed by atoms with Crippen LogP contribution in [0.2, 0.25) is 0 Å². The molecule has 0 unspecified atom stereocenters. The maximum Gasteiger partial charge on any atom is 0.317 e. The summed E-state index contributed by atoms with van der Waals surface area (Å²) in [5.41, 5.74) is 2.09. The van der Waals surface area contributed by atoms with E-state index in [1.165, 1.54) is 0 Å². The van der Waals surface area contributed by atoms with E-state index in [1.54, 1.807) is 16.2 Å². The molecule has 0 aliphatic rings. The molecule has 2 amide bonds. The van der Waals surface area contributed by atoms with Gasteiger partial charge < -0.3 is 15.3 Å². The van der Waals surface area contributed by atoms with Crippen molar-refractivity contribution in [1.82, 2.24) is 15.2 Å². The summed E-state index contributed by atoms with van der Waals surface area (Å²) in [6, 6.07) is 9.92. The molecular weight excluding hydrogens is 298 g/mol. The molecule has 118 valence electrons. The van der Waals surface area contributed by atoms with E-state index in [4.69, 9.17) is 5.11 Å². The average molecular weight is 319 g/mol. The highest BCUT2D eigenvalue weighted by Crippen LogP contribution is 2.23. The monoisotopic (exact) mass is 319 g/mol. The fourth-order valence-corrected chi connectivity index (χ4v) is 2.93. The molecule has 0 aliphatic carbocycles. The van der Waals surface area contributed by atoms with E-state index in [0.29, 0.717) is 26.1 Å². The lowest BCUT2D eigenvalue weighted by Gasteiger charge is -2.19. The number of rotatable bonds is 7. The van der Waals surface area contributed by atoms with Crippen molar-refractivity contribution in [2.75, 3.05) is 26.2 Å². The fourth-order valence-electron chi connectivity index (χ4n) is 2.07. The van der Waals surface area contributed by atoms with E-state index < -0.39 is 0 Å². The Kier molecular flexibility index (Phi) is 6.36. The van der Waals surface area contributed by atoms with Gasteiger partial charge in [-0.15, -0.1) is 11.3 Å². The summed E-state index contributed by atoms with van der Waals surface area (Å²) in [5.74, 6) is 0. The van der Waals surface area contributed by atoms with E-state index >= 15 is 0 Å². The van der Waals surface area contributed by atoms with Crippen molar-refractivity contribution in [2.45, 2.75) is 13.3 Å². The predicted molar refractivity (Wildman–Crippen MR) is 89.0 cm³/mol. The second-order valence-corrected chi connectivity index (χ2v) is 5.65. The highest BCUT2D eigenvalue weighted by Gasteiger charge is 2.10. The average Bonchev–Trinajstić information content (AvgIpc) is 3.02. The number of carbonyl (C=O) groups is 1. The van der Waals surface area contributed by atoms with Crippen LogP contribution in [0.5, 0.6) is 0 Å². The van der Waals surface area contributed by atoms with Gasteiger partial charge in [0.05, 0.1) is 12.3 Å². The third-order valence-electron chi connectivity index (χ3n) is 3.27. The number of nitrogens with one attached hydrogen (secondary N) is 1. The van der Waals surface area contributed by atoms with Crippen LogP contribution in [0.25, 0.3) is 10.6 Å². The van der Waals surface area contributed by atoms with Gasteiger partial charge in [0.2, 0.25) is 0 Å². The summed E-state index contributed by atoms with van der Waals surface area (Å²) in [6.45, 7) is 3.35. The SMILES string of the molecule is CCN(CCO)C(=O)NCCc1csc(-c2ccccc2)n1. The normalized spacial score (nSPS) is 10.5. The van der Waals surface area contributed by atoms with Gasteiger partial charge in [0, 0.05) is 37.0 Å². The summed E-state index contributed by atoms with van der Waals surface area (Å²) >= 11 is 1.61.